The maximum atomic E-state index is 10.8. The summed E-state index contributed by atoms with van der Waals surface area (Å²) in [7, 11) is 0. The topological polar surface area (TPSA) is 72.6 Å². The van der Waals surface area contributed by atoms with Gasteiger partial charge < -0.3 is 9.84 Å². The summed E-state index contributed by atoms with van der Waals surface area (Å²) in [6, 6.07) is 9.19. The van der Waals surface area contributed by atoms with Crippen LogP contribution in [0.15, 0.2) is 40.9 Å². The summed E-state index contributed by atoms with van der Waals surface area (Å²) >= 11 is 9.20. The predicted octanol–water partition coefficient (Wildman–Crippen LogP) is 4.30. The Morgan fingerprint density at radius 2 is 2.10 bits per heavy atom. The largest absolute Gasteiger partial charge is 0.455 e. The minimum atomic E-state index is -0.517. The van der Waals surface area contributed by atoms with Gasteiger partial charge in [-0.05, 0) is 12.1 Å². The van der Waals surface area contributed by atoms with Crippen LogP contribution in [0.5, 0.6) is 11.5 Å². The Morgan fingerprint density at radius 1 is 1.35 bits per heavy atom. The number of halogens is 2. The molecular weight excluding hydrogens is 350 g/mol. The van der Waals surface area contributed by atoms with E-state index in [0.717, 1.165) is 0 Å². The number of aliphatic hydroxyl groups is 1. The molecule has 104 valence electrons. The number of rotatable bonds is 4. The molecule has 0 spiro atoms. The van der Waals surface area contributed by atoms with Gasteiger partial charge in [0.1, 0.15) is 5.75 Å². The molecule has 0 unspecified atom stereocenters. The van der Waals surface area contributed by atoms with E-state index in [0.29, 0.717) is 15.1 Å². The van der Waals surface area contributed by atoms with E-state index in [9.17, 15) is 15.2 Å². The molecular formula is C13H9BrClNO4. The lowest BCUT2D eigenvalue weighted by Gasteiger charge is -2.11. The molecule has 0 aliphatic rings. The first-order valence-electron chi connectivity index (χ1n) is 5.52. The van der Waals surface area contributed by atoms with Gasteiger partial charge in [0, 0.05) is 16.1 Å². The molecule has 0 aliphatic heterocycles. The van der Waals surface area contributed by atoms with Crippen LogP contribution in [0.2, 0.25) is 5.02 Å². The van der Waals surface area contributed by atoms with Crippen LogP contribution in [0.25, 0.3) is 0 Å². The van der Waals surface area contributed by atoms with Crippen molar-refractivity contribution in [1.82, 2.24) is 0 Å². The molecule has 2 rings (SSSR count). The maximum Gasteiger partial charge on any atom is 0.274 e. The van der Waals surface area contributed by atoms with E-state index in [4.69, 9.17) is 16.3 Å². The van der Waals surface area contributed by atoms with Crippen molar-refractivity contribution in [2.45, 2.75) is 6.61 Å². The summed E-state index contributed by atoms with van der Waals surface area (Å²) in [6.45, 7) is -0.244. The molecule has 0 bridgehead atoms. The number of hydrogen-bond acceptors (Lipinski definition) is 4. The molecule has 0 saturated carbocycles. The van der Waals surface area contributed by atoms with E-state index in [2.05, 4.69) is 15.9 Å². The fourth-order valence-corrected chi connectivity index (χ4v) is 2.32. The van der Waals surface area contributed by atoms with E-state index >= 15 is 0 Å². The lowest BCUT2D eigenvalue weighted by atomic mass is 10.2. The van der Waals surface area contributed by atoms with Crippen LogP contribution in [-0.4, -0.2) is 10.0 Å². The summed E-state index contributed by atoms with van der Waals surface area (Å²) in [5, 5.41) is 20.4. The van der Waals surface area contributed by atoms with Gasteiger partial charge in [0.15, 0.2) is 5.75 Å². The first-order valence-corrected chi connectivity index (χ1v) is 6.69. The second-order valence-corrected chi connectivity index (χ2v) is 5.21. The first kappa shape index (κ1) is 14.8. The zero-order valence-electron chi connectivity index (χ0n) is 10.0. The van der Waals surface area contributed by atoms with Gasteiger partial charge in [0.05, 0.1) is 22.6 Å². The Hall–Kier alpha value is -1.63. The number of nitrogens with zero attached hydrogens (tertiary/aromatic N) is 1. The van der Waals surface area contributed by atoms with Gasteiger partial charge in [0.25, 0.3) is 5.69 Å². The Kier molecular flexibility index (Phi) is 4.59. The van der Waals surface area contributed by atoms with E-state index < -0.39 is 4.92 Å². The molecule has 0 radical (unpaired) electrons. The van der Waals surface area contributed by atoms with Gasteiger partial charge in [-0.25, -0.2) is 0 Å². The highest BCUT2D eigenvalue weighted by atomic mass is 79.9. The molecule has 0 amide bonds. The van der Waals surface area contributed by atoms with Gasteiger partial charge >= 0.3 is 0 Å². The molecule has 0 fully saturated rings. The van der Waals surface area contributed by atoms with Crippen molar-refractivity contribution in [1.29, 1.82) is 0 Å². The normalized spacial score (nSPS) is 10.3. The van der Waals surface area contributed by atoms with E-state index in [1.165, 1.54) is 12.1 Å². The van der Waals surface area contributed by atoms with Crippen LogP contribution in [-0.2, 0) is 6.61 Å². The van der Waals surface area contributed by atoms with Crippen molar-refractivity contribution in [2.24, 2.45) is 0 Å². The smallest absolute Gasteiger partial charge is 0.274 e. The highest BCUT2D eigenvalue weighted by Crippen LogP contribution is 2.35. The van der Waals surface area contributed by atoms with Crippen molar-refractivity contribution >= 4 is 33.2 Å². The Labute approximate surface area is 128 Å². The fraction of sp³-hybridized carbons (Fsp3) is 0.0769. The Bertz CT molecular complexity index is 663. The molecule has 0 saturated heterocycles. The number of benzene rings is 2. The number of nitro groups is 1. The summed E-state index contributed by atoms with van der Waals surface area (Å²) < 4.78 is 6.09. The number of non-ortho nitro benzene ring substituents is 1. The lowest BCUT2D eigenvalue weighted by Crippen LogP contribution is -1.94. The van der Waals surface area contributed by atoms with Crippen molar-refractivity contribution < 1.29 is 14.8 Å². The second kappa shape index (κ2) is 6.21. The summed E-state index contributed by atoms with van der Waals surface area (Å²) in [5.41, 5.74) is 0.395. The summed E-state index contributed by atoms with van der Waals surface area (Å²) in [4.78, 5) is 10.3. The van der Waals surface area contributed by atoms with Gasteiger partial charge in [-0.2, -0.15) is 0 Å². The van der Waals surface area contributed by atoms with Gasteiger partial charge in [-0.3, -0.25) is 10.1 Å². The molecule has 0 aromatic heterocycles. The minimum Gasteiger partial charge on any atom is -0.455 e. The highest BCUT2D eigenvalue weighted by molar-refractivity contribution is 9.10. The zero-order chi connectivity index (χ0) is 14.7. The number of nitro benzene ring substituents is 1. The summed E-state index contributed by atoms with van der Waals surface area (Å²) in [6.07, 6.45) is 0. The third-order valence-corrected chi connectivity index (χ3v) is 3.26. The lowest BCUT2D eigenvalue weighted by molar-refractivity contribution is -0.385. The highest BCUT2D eigenvalue weighted by Gasteiger charge is 2.13. The Morgan fingerprint density at radius 3 is 2.75 bits per heavy atom. The molecule has 1 N–H and O–H groups in total. The fourth-order valence-electron chi connectivity index (χ4n) is 1.62. The van der Waals surface area contributed by atoms with Crippen molar-refractivity contribution in [2.75, 3.05) is 0 Å². The van der Waals surface area contributed by atoms with Crippen LogP contribution < -0.4 is 4.74 Å². The SMILES string of the molecule is O=[N+]([O-])c1cc(Br)cc(Oc2c(Cl)cccc2CO)c1. The number of para-hydroxylation sites is 1. The molecule has 2 aromatic rings. The zero-order valence-corrected chi connectivity index (χ0v) is 12.4. The quantitative estimate of drug-likeness (QED) is 0.653. The first-order chi connectivity index (χ1) is 9.51. The third-order valence-electron chi connectivity index (χ3n) is 2.51. The van der Waals surface area contributed by atoms with Gasteiger partial charge in [-0.1, -0.05) is 39.7 Å². The molecule has 20 heavy (non-hydrogen) atoms. The molecule has 2 aromatic carbocycles. The average Bonchev–Trinajstić information content (AvgIpc) is 2.40. The molecule has 0 atom stereocenters. The number of aliphatic hydroxyl groups excluding tert-OH is 1. The van der Waals surface area contributed by atoms with E-state index in [1.54, 1.807) is 24.3 Å². The average molecular weight is 359 g/mol. The molecule has 7 heteroatoms. The minimum absolute atomic E-state index is 0.105. The summed E-state index contributed by atoms with van der Waals surface area (Å²) in [5.74, 6) is 0.540. The molecule has 0 heterocycles. The van der Waals surface area contributed by atoms with Crippen LogP contribution in [0.1, 0.15) is 5.56 Å². The number of hydrogen-bond donors (Lipinski definition) is 1. The van der Waals surface area contributed by atoms with E-state index in [-0.39, 0.29) is 23.8 Å². The van der Waals surface area contributed by atoms with Gasteiger partial charge in [0.2, 0.25) is 0 Å². The predicted molar refractivity (Wildman–Crippen MR) is 78.2 cm³/mol. The van der Waals surface area contributed by atoms with Crippen LogP contribution in [0.3, 0.4) is 0 Å². The molecule has 5 nitrogen and oxygen atoms in total. The van der Waals surface area contributed by atoms with Gasteiger partial charge in [-0.15, -0.1) is 0 Å². The Balaban J connectivity index is 2.42. The standard InChI is InChI=1S/C13H9BrClNO4/c14-9-4-10(16(18)19)6-11(5-9)20-13-8(7-17)2-1-3-12(13)15/h1-6,17H,7H2. The molecule has 0 aliphatic carbocycles. The van der Waals surface area contributed by atoms with Crippen molar-refractivity contribution in [3.8, 4) is 11.5 Å². The monoisotopic (exact) mass is 357 g/mol. The van der Waals surface area contributed by atoms with Crippen LogP contribution >= 0.6 is 27.5 Å². The third kappa shape index (κ3) is 3.27. The van der Waals surface area contributed by atoms with Crippen molar-refractivity contribution in [3.63, 3.8) is 0 Å². The van der Waals surface area contributed by atoms with Crippen LogP contribution in [0, 0.1) is 10.1 Å². The van der Waals surface area contributed by atoms with E-state index in [1.807, 2.05) is 0 Å². The number of ether oxygens (including phenoxy) is 1. The maximum absolute atomic E-state index is 10.8. The van der Waals surface area contributed by atoms with Crippen LogP contribution in [0.4, 0.5) is 5.69 Å². The second-order valence-electron chi connectivity index (χ2n) is 3.89. The van der Waals surface area contributed by atoms with Crippen molar-refractivity contribution in [3.05, 3.63) is 61.6 Å².